The fourth-order valence-corrected chi connectivity index (χ4v) is 2.17. The maximum atomic E-state index is 12.0. The molecule has 0 spiro atoms. The molecular formula is C15H22N2O3. The maximum Gasteiger partial charge on any atom is 0.242 e. The molecule has 0 aliphatic carbocycles. The zero-order chi connectivity index (χ0) is 14.5. The van der Waals surface area contributed by atoms with Crippen molar-refractivity contribution in [3.05, 3.63) is 18.2 Å². The highest BCUT2D eigenvalue weighted by atomic mass is 16.7. The Morgan fingerprint density at radius 3 is 2.80 bits per heavy atom. The van der Waals surface area contributed by atoms with Gasteiger partial charge in [0.1, 0.15) is 6.04 Å². The Labute approximate surface area is 119 Å². The Balaban J connectivity index is 1.90. The van der Waals surface area contributed by atoms with Gasteiger partial charge in [0.05, 0.1) is 0 Å². The van der Waals surface area contributed by atoms with E-state index in [0.29, 0.717) is 5.75 Å². The summed E-state index contributed by atoms with van der Waals surface area (Å²) >= 11 is 0. The number of benzene rings is 1. The van der Waals surface area contributed by atoms with Crippen LogP contribution in [-0.2, 0) is 4.79 Å². The second-order valence-electron chi connectivity index (χ2n) is 5.13. The summed E-state index contributed by atoms with van der Waals surface area (Å²) < 4.78 is 10.6. The molecule has 0 saturated carbocycles. The van der Waals surface area contributed by atoms with Crippen molar-refractivity contribution in [3.63, 3.8) is 0 Å². The van der Waals surface area contributed by atoms with Crippen LogP contribution in [-0.4, -0.2) is 24.8 Å². The minimum Gasteiger partial charge on any atom is -0.454 e. The van der Waals surface area contributed by atoms with Crippen LogP contribution in [0.2, 0.25) is 0 Å². The molecule has 0 fully saturated rings. The second-order valence-corrected chi connectivity index (χ2v) is 5.13. The quantitative estimate of drug-likeness (QED) is 0.839. The molecule has 0 saturated heterocycles. The first-order valence-electron chi connectivity index (χ1n) is 7.06. The highest BCUT2D eigenvalue weighted by Crippen LogP contribution is 2.34. The molecule has 20 heavy (non-hydrogen) atoms. The van der Waals surface area contributed by atoms with Crippen molar-refractivity contribution in [1.29, 1.82) is 0 Å². The first-order chi connectivity index (χ1) is 9.60. The minimum absolute atomic E-state index is 0.00335. The maximum absolute atomic E-state index is 12.0. The zero-order valence-electron chi connectivity index (χ0n) is 12.2. The average Bonchev–Trinajstić information content (AvgIpc) is 2.86. The van der Waals surface area contributed by atoms with Gasteiger partial charge in [0.25, 0.3) is 0 Å². The van der Waals surface area contributed by atoms with Gasteiger partial charge in [-0.15, -0.1) is 0 Å². The predicted molar refractivity (Wildman–Crippen MR) is 78.2 cm³/mol. The van der Waals surface area contributed by atoms with E-state index in [0.717, 1.165) is 24.3 Å². The Morgan fingerprint density at radius 2 is 2.05 bits per heavy atom. The van der Waals surface area contributed by atoms with Crippen LogP contribution in [0.5, 0.6) is 11.5 Å². The molecule has 0 bridgehead atoms. The number of carbonyl (C=O) groups is 1. The lowest BCUT2D eigenvalue weighted by molar-refractivity contribution is -0.122. The minimum atomic E-state index is -0.297. The van der Waals surface area contributed by atoms with Crippen LogP contribution in [0.25, 0.3) is 0 Å². The van der Waals surface area contributed by atoms with Crippen molar-refractivity contribution in [1.82, 2.24) is 5.32 Å². The number of carbonyl (C=O) groups excluding carboxylic acids is 1. The summed E-state index contributed by atoms with van der Waals surface area (Å²) in [5.74, 6) is 1.45. The molecule has 1 aromatic carbocycles. The van der Waals surface area contributed by atoms with E-state index in [-0.39, 0.29) is 24.8 Å². The number of rotatable bonds is 6. The molecule has 1 aromatic rings. The lowest BCUT2D eigenvalue weighted by atomic mass is 10.2. The number of ether oxygens (including phenoxy) is 2. The van der Waals surface area contributed by atoms with Gasteiger partial charge in [-0.05, 0) is 32.4 Å². The van der Waals surface area contributed by atoms with E-state index >= 15 is 0 Å². The number of amides is 1. The summed E-state index contributed by atoms with van der Waals surface area (Å²) in [5.41, 5.74) is 0.847. The van der Waals surface area contributed by atoms with Gasteiger partial charge in [0.2, 0.25) is 12.7 Å². The number of hydrogen-bond donors (Lipinski definition) is 2. The SMILES string of the molecule is CCCC(C)NC(=O)C(C)Nc1ccc2c(c1)OCO2. The summed E-state index contributed by atoms with van der Waals surface area (Å²) in [5, 5.41) is 6.17. The van der Waals surface area contributed by atoms with Crippen LogP contribution in [0.1, 0.15) is 33.6 Å². The first-order valence-corrected chi connectivity index (χ1v) is 7.06. The van der Waals surface area contributed by atoms with Gasteiger partial charge in [0, 0.05) is 17.8 Å². The smallest absolute Gasteiger partial charge is 0.242 e. The number of anilines is 1. The van der Waals surface area contributed by atoms with E-state index in [1.165, 1.54) is 0 Å². The molecule has 5 heteroatoms. The third-order valence-electron chi connectivity index (χ3n) is 3.26. The van der Waals surface area contributed by atoms with Crippen LogP contribution in [0.4, 0.5) is 5.69 Å². The van der Waals surface area contributed by atoms with E-state index in [4.69, 9.17) is 9.47 Å². The van der Waals surface area contributed by atoms with Gasteiger partial charge in [-0.3, -0.25) is 4.79 Å². The molecule has 1 aliphatic heterocycles. The van der Waals surface area contributed by atoms with Gasteiger partial charge < -0.3 is 20.1 Å². The fourth-order valence-electron chi connectivity index (χ4n) is 2.17. The number of hydrogen-bond acceptors (Lipinski definition) is 4. The number of fused-ring (bicyclic) bond motifs is 1. The second kappa shape index (κ2) is 6.50. The van der Waals surface area contributed by atoms with Crippen molar-refractivity contribution in [3.8, 4) is 11.5 Å². The molecule has 1 heterocycles. The van der Waals surface area contributed by atoms with E-state index in [1.54, 1.807) is 0 Å². The molecule has 1 aliphatic rings. The van der Waals surface area contributed by atoms with Gasteiger partial charge in [-0.1, -0.05) is 13.3 Å². The van der Waals surface area contributed by atoms with E-state index in [9.17, 15) is 4.79 Å². The molecular weight excluding hydrogens is 256 g/mol. The molecule has 2 unspecified atom stereocenters. The molecule has 110 valence electrons. The predicted octanol–water partition coefficient (Wildman–Crippen LogP) is 2.52. The Hall–Kier alpha value is -1.91. The van der Waals surface area contributed by atoms with Gasteiger partial charge in [0.15, 0.2) is 11.5 Å². The molecule has 0 aromatic heterocycles. The molecule has 2 rings (SSSR count). The van der Waals surface area contributed by atoms with Crippen LogP contribution < -0.4 is 20.1 Å². The third-order valence-corrected chi connectivity index (χ3v) is 3.26. The summed E-state index contributed by atoms with van der Waals surface area (Å²) in [7, 11) is 0. The average molecular weight is 278 g/mol. The largest absolute Gasteiger partial charge is 0.454 e. The molecule has 2 atom stereocenters. The molecule has 5 nitrogen and oxygen atoms in total. The monoisotopic (exact) mass is 278 g/mol. The third kappa shape index (κ3) is 3.56. The van der Waals surface area contributed by atoms with Gasteiger partial charge >= 0.3 is 0 Å². The standard InChI is InChI=1S/C15H22N2O3/c1-4-5-10(2)16-15(18)11(3)17-12-6-7-13-14(8-12)20-9-19-13/h6-8,10-11,17H,4-5,9H2,1-3H3,(H,16,18). The zero-order valence-corrected chi connectivity index (χ0v) is 12.2. The summed E-state index contributed by atoms with van der Waals surface area (Å²) in [6.07, 6.45) is 2.05. The summed E-state index contributed by atoms with van der Waals surface area (Å²) in [6, 6.07) is 5.48. The Bertz CT molecular complexity index is 476. The van der Waals surface area contributed by atoms with E-state index < -0.39 is 0 Å². The highest BCUT2D eigenvalue weighted by Gasteiger charge is 2.17. The van der Waals surface area contributed by atoms with Gasteiger partial charge in [-0.25, -0.2) is 0 Å². The van der Waals surface area contributed by atoms with Crippen LogP contribution in [0, 0.1) is 0 Å². The Kier molecular flexibility index (Phi) is 4.71. The first kappa shape index (κ1) is 14.5. The molecule has 2 N–H and O–H groups in total. The normalized spacial score (nSPS) is 15.6. The van der Waals surface area contributed by atoms with Crippen molar-refractivity contribution < 1.29 is 14.3 Å². The van der Waals surface area contributed by atoms with Crippen molar-refractivity contribution >= 4 is 11.6 Å². The lowest BCUT2D eigenvalue weighted by Gasteiger charge is -2.19. The van der Waals surface area contributed by atoms with Crippen LogP contribution in [0.3, 0.4) is 0 Å². The van der Waals surface area contributed by atoms with Crippen LogP contribution >= 0.6 is 0 Å². The Morgan fingerprint density at radius 1 is 1.30 bits per heavy atom. The lowest BCUT2D eigenvalue weighted by Crippen LogP contribution is -2.42. The van der Waals surface area contributed by atoms with E-state index in [2.05, 4.69) is 17.6 Å². The topological polar surface area (TPSA) is 59.6 Å². The molecule has 0 radical (unpaired) electrons. The van der Waals surface area contributed by atoms with Crippen LogP contribution in [0.15, 0.2) is 18.2 Å². The van der Waals surface area contributed by atoms with E-state index in [1.807, 2.05) is 32.0 Å². The fraction of sp³-hybridized carbons (Fsp3) is 0.533. The summed E-state index contributed by atoms with van der Waals surface area (Å²) in [4.78, 5) is 12.0. The van der Waals surface area contributed by atoms with Crippen molar-refractivity contribution in [2.24, 2.45) is 0 Å². The molecule has 1 amide bonds. The highest BCUT2D eigenvalue weighted by molar-refractivity contribution is 5.84. The number of nitrogens with one attached hydrogen (secondary N) is 2. The van der Waals surface area contributed by atoms with Crippen molar-refractivity contribution in [2.45, 2.75) is 45.7 Å². The summed E-state index contributed by atoms with van der Waals surface area (Å²) in [6.45, 7) is 6.23. The van der Waals surface area contributed by atoms with Gasteiger partial charge in [-0.2, -0.15) is 0 Å². The van der Waals surface area contributed by atoms with Crippen molar-refractivity contribution in [2.75, 3.05) is 12.1 Å².